The third-order valence-electron chi connectivity index (χ3n) is 5.08. The topological polar surface area (TPSA) is 76.5 Å². The average Bonchev–Trinajstić information content (AvgIpc) is 3.27. The van der Waals surface area contributed by atoms with Crippen molar-refractivity contribution in [2.45, 2.75) is 36.6 Å². The van der Waals surface area contributed by atoms with Crippen LogP contribution in [0.5, 0.6) is 0 Å². The molecule has 0 unspecified atom stereocenters. The van der Waals surface area contributed by atoms with Crippen LogP contribution >= 0.6 is 23.1 Å². The molecule has 4 aromatic rings. The number of thiophene rings is 1. The molecule has 0 aliphatic heterocycles. The number of aromatic nitrogens is 5. The van der Waals surface area contributed by atoms with Crippen LogP contribution in [0.1, 0.15) is 29.1 Å². The highest BCUT2D eigenvalue weighted by molar-refractivity contribution is 7.98. The number of nitrogens with one attached hydrogen (secondary N) is 1. The summed E-state index contributed by atoms with van der Waals surface area (Å²) < 4.78 is 1.97. The standard InChI is InChI=1S/C20H19N5OS2/c1-25-17(12-7-3-2-4-8-12)23-24-20(25)27-11-15-21-18(26)16-13-9-5-6-10-14(13)28-19(16)22-15/h2-4,7-8H,5-6,9-11H2,1H3,(H,21,22,26). The Kier molecular flexibility index (Phi) is 4.52. The summed E-state index contributed by atoms with van der Waals surface area (Å²) in [6, 6.07) is 9.99. The van der Waals surface area contributed by atoms with Crippen LogP contribution in [0.25, 0.3) is 21.6 Å². The Morgan fingerprint density at radius 3 is 2.86 bits per heavy atom. The maximum absolute atomic E-state index is 12.7. The van der Waals surface area contributed by atoms with Crippen LogP contribution in [0.4, 0.5) is 0 Å². The Balaban J connectivity index is 1.41. The molecule has 3 aromatic heterocycles. The summed E-state index contributed by atoms with van der Waals surface area (Å²) in [5.41, 5.74) is 2.24. The van der Waals surface area contributed by atoms with Crippen molar-refractivity contribution in [2.75, 3.05) is 0 Å². The van der Waals surface area contributed by atoms with E-state index in [1.807, 2.05) is 41.9 Å². The predicted molar refractivity (Wildman–Crippen MR) is 113 cm³/mol. The fourth-order valence-electron chi connectivity index (χ4n) is 3.69. The second-order valence-electron chi connectivity index (χ2n) is 6.92. The van der Waals surface area contributed by atoms with Crippen LogP contribution in [0, 0.1) is 0 Å². The molecule has 142 valence electrons. The Bertz CT molecular complexity index is 1210. The van der Waals surface area contributed by atoms with Gasteiger partial charge in [0.2, 0.25) is 0 Å². The molecule has 1 aliphatic carbocycles. The lowest BCUT2D eigenvalue weighted by molar-refractivity contribution is 0.700. The largest absolute Gasteiger partial charge is 0.309 e. The molecule has 0 amide bonds. The van der Waals surface area contributed by atoms with Gasteiger partial charge in [0.15, 0.2) is 11.0 Å². The molecule has 6 nitrogen and oxygen atoms in total. The quantitative estimate of drug-likeness (QED) is 0.517. The van der Waals surface area contributed by atoms with Gasteiger partial charge in [0.1, 0.15) is 10.7 Å². The van der Waals surface area contributed by atoms with Gasteiger partial charge in [-0.3, -0.25) is 4.79 Å². The second kappa shape index (κ2) is 7.18. The molecule has 0 bridgehead atoms. The SMILES string of the molecule is Cn1c(SCc2nc3sc4c(c3c(=O)[nH]2)CCCC4)nnc1-c1ccccc1. The first-order chi connectivity index (χ1) is 13.7. The van der Waals surface area contributed by atoms with Gasteiger partial charge < -0.3 is 9.55 Å². The lowest BCUT2D eigenvalue weighted by atomic mass is 9.97. The number of aryl methyl sites for hydroxylation is 2. The zero-order valence-corrected chi connectivity index (χ0v) is 17.1. The fourth-order valence-corrected chi connectivity index (χ4v) is 5.75. The van der Waals surface area contributed by atoms with Crippen molar-refractivity contribution >= 4 is 33.3 Å². The van der Waals surface area contributed by atoms with Crippen molar-refractivity contribution in [3.63, 3.8) is 0 Å². The summed E-state index contributed by atoms with van der Waals surface area (Å²) in [6.07, 6.45) is 4.43. The Labute approximate surface area is 170 Å². The van der Waals surface area contributed by atoms with Crippen LogP contribution in [0.2, 0.25) is 0 Å². The number of aromatic amines is 1. The molecule has 0 fully saturated rings. The van der Waals surface area contributed by atoms with Crippen LogP contribution in [0.3, 0.4) is 0 Å². The molecular formula is C20H19N5OS2. The Morgan fingerprint density at radius 1 is 1.18 bits per heavy atom. The average molecular weight is 410 g/mol. The lowest BCUT2D eigenvalue weighted by Crippen LogP contribution is -2.12. The number of fused-ring (bicyclic) bond motifs is 3. The molecule has 0 saturated carbocycles. The maximum Gasteiger partial charge on any atom is 0.259 e. The number of benzene rings is 1. The first-order valence-corrected chi connectivity index (χ1v) is 11.1. The van der Waals surface area contributed by atoms with E-state index in [0.29, 0.717) is 11.6 Å². The molecule has 1 N–H and O–H groups in total. The predicted octanol–water partition coefficient (Wildman–Crippen LogP) is 3.95. The van der Waals surface area contributed by atoms with Gasteiger partial charge in [0, 0.05) is 17.5 Å². The van der Waals surface area contributed by atoms with E-state index in [2.05, 4.69) is 15.2 Å². The molecule has 0 saturated heterocycles. The van der Waals surface area contributed by atoms with E-state index in [1.165, 1.54) is 28.6 Å². The van der Waals surface area contributed by atoms with E-state index >= 15 is 0 Å². The van der Waals surface area contributed by atoms with Gasteiger partial charge in [-0.2, -0.15) is 0 Å². The van der Waals surface area contributed by atoms with Crippen LogP contribution in [-0.2, 0) is 25.6 Å². The summed E-state index contributed by atoms with van der Waals surface area (Å²) in [7, 11) is 1.96. The van der Waals surface area contributed by atoms with Crippen LogP contribution in [0.15, 0.2) is 40.3 Å². The fraction of sp³-hybridized carbons (Fsp3) is 0.300. The van der Waals surface area contributed by atoms with E-state index in [0.717, 1.165) is 46.0 Å². The van der Waals surface area contributed by atoms with Gasteiger partial charge in [-0.1, -0.05) is 42.1 Å². The van der Waals surface area contributed by atoms with Gasteiger partial charge in [0.25, 0.3) is 5.56 Å². The zero-order valence-electron chi connectivity index (χ0n) is 15.4. The summed E-state index contributed by atoms with van der Waals surface area (Å²) in [5.74, 6) is 2.06. The molecule has 1 aromatic carbocycles. The highest BCUT2D eigenvalue weighted by Gasteiger charge is 2.20. The van der Waals surface area contributed by atoms with E-state index in [-0.39, 0.29) is 5.56 Å². The summed E-state index contributed by atoms with van der Waals surface area (Å²) in [6.45, 7) is 0. The van der Waals surface area contributed by atoms with Crippen molar-refractivity contribution in [1.82, 2.24) is 24.7 Å². The third kappa shape index (κ3) is 3.06. The summed E-state index contributed by atoms with van der Waals surface area (Å²) >= 11 is 3.21. The molecule has 8 heteroatoms. The molecule has 28 heavy (non-hydrogen) atoms. The highest BCUT2D eigenvalue weighted by atomic mass is 32.2. The lowest BCUT2D eigenvalue weighted by Gasteiger charge is -2.09. The van der Waals surface area contributed by atoms with Gasteiger partial charge in [-0.15, -0.1) is 21.5 Å². The normalized spacial score (nSPS) is 13.8. The third-order valence-corrected chi connectivity index (χ3v) is 7.30. The minimum Gasteiger partial charge on any atom is -0.309 e. The van der Waals surface area contributed by atoms with Gasteiger partial charge in [0.05, 0.1) is 11.1 Å². The molecule has 0 spiro atoms. The first kappa shape index (κ1) is 17.6. The van der Waals surface area contributed by atoms with Crippen molar-refractivity contribution in [3.8, 4) is 11.4 Å². The van der Waals surface area contributed by atoms with E-state index in [9.17, 15) is 4.79 Å². The Hall–Kier alpha value is -2.45. The minimum atomic E-state index is -0.0112. The Morgan fingerprint density at radius 2 is 2.00 bits per heavy atom. The highest BCUT2D eigenvalue weighted by Crippen LogP contribution is 2.34. The van der Waals surface area contributed by atoms with Gasteiger partial charge in [-0.05, 0) is 31.2 Å². The van der Waals surface area contributed by atoms with E-state index in [1.54, 1.807) is 11.3 Å². The second-order valence-corrected chi connectivity index (χ2v) is 8.95. The van der Waals surface area contributed by atoms with E-state index in [4.69, 9.17) is 4.98 Å². The molecule has 0 atom stereocenters. The zero-order chi connectivity index (χ0) is 19.1. The van der Waals surface area contributed by atoms with Crippen LogP contribution < -0.4 is 5.56 Å². The summed E-state index contributed by atoms with van der Waals surface area (Å²) in [5, 5.41) is 10.2. The van der Waals surface area contributed by atoms with Crippen LogP contribution in [-0.4, -0.2) is 24.7 Å². The number of H-pyrrole nitrogens is 1. The molecular weight excluding hydrogens is 390 g/mol. The number of hydrogen-bond acceptors (Lipinski definition) is 6. The van der Waals surface area contributed by atoms with Crippen molar-refractivity contribution in [3.05, 3.63) is 57.0 Å². The van der Waals surface area contributed by atoms with Gasteiger partial charge in [-0.25, -0.2) is 4.98 Å². The number of nitrogens with zero attached hydrogens (tertiary/aromatic N) is 4. The monoisotopic (exact) mass is 409 g/mol. The molecule has 0 radical (unpaired) electrons. The summed E-state index contributed by atoms with van der Waals surface area (Å²) in [4.78, 5) is 22.6. The van der Waals surface area contributed by atoms with Gasteiger partial charge >= 0.3 is 0 Å². The number of rotatable bonds is 4. The minimum absolute atomic E-state index is 0.0112. The van der Waals surface area contributed by atoms with E-state index < -0.39 is 0 Å². The molecule has 1 aliphatic rings. The number of thioether (sulfide) groups is 1. The molecule has 3 heterocycles. The van der Waals surface area contributed by atoms with Crippen molar-refractivity contribution in [1.29, 1.82) is 0 Å². The first-order valence-electron chi connectivity index (χ1n) is 9.32. The number of hydrogen-bond donors (Lipinski definition) is 1. The maximum atomic E-state index is 12.7. The smallest absolute Gasteiger partial charge is 0.259 e. The van der Waals surface area contributed by atoms with Crippen molar-refractivity contribution in [2.24, 2.45) is 7.05 Å². The van der Waals surface area contributed by atoms with Crippen molar-refractivity contribution < 1.29 is 0 Å². The molecule has 5 rings (SSSR count).